The van der Waals surface area contributed by atoms with Crippen molar-refractivity contribution in [3.05, 3.63) is 69.3 Å². The Morgan fingerprint density at radius 3 is 2.47 bits per heavy atom. The molecule has 3 amide bonds. The molecule has 5 rings (SSSR count). The van der Waals surface area contributed by atoms with E-state index in [9.17, 15) is 9.59 Å². The van der Waals surface area contributed by atoms with Crippen LogP contribution in [0.2, 0.25) is 10.0 Å². The molecule has 2 aliphatic rings. The first kappa shape index (κ1) is 19.5. The van der Waals surface area contributed by atoms with Crippen LogP contribution in [0, 0.1) is 0 Å². The lowest BCUT2D eigenvalue weighted by atomic mass is 9.89. The standard InChI is InChI=1S/C23H21Cl2N3O2/c1-23(2,3)28-21(29)18-11-14-13-6-4-5-7-17(13)26-19(14)20(27(18)22(28)30)12-8-9-15(24)16(25)10-12/h4-10,18,20,26H,11H2,1-3H3/t18-,20+/m0/s1. The lowest BCUT2D eigenvalue weighted by molar-refractivity contribution is -0.131. The van der Waals surface area contributed by atoms with Crippen molar-refractivity contribution in [2.75, 3.05) is 0 Å². The summed E-state index contributed by atoms with van der Waals surface area (Å²) >= 11 is 12.5. The second kappa shape index (κ2) is 6.50. The van der Waals surface area contributed by atoms with Crippen molar-refractivity contribution in [2.24, 2.45) is 0 Å². The Balaban J connectivity index is 1.76. The second-order valence-corrected chi connectivity index (χ2v) is 9.71. The molecule has 3 heterocycles. The van der Waals surface area contributed by atoms with E-state index in [1.165, 1.54) is 4.90 Å². The molecule has 0 spiro atoms. The number of halogens is 2. The predicted octanol–water partition coefficient (Wildman–Crippen LogP) is 5.55. The van der Waals surface area contributed by atoms with Gasteiger partial charge in [-0.15, -0.1) is 0 Å². The fourth-order valence-corrected chi connectivity index (χ4v) is 5.03. The molecular weight excluding hydrogens is 421 g/mol. The van der Waals surface area contributed by atoms with Gasteiger partial charge in [0.15, 0.2) is 0 Å². The Morgan fingerprint density at radius 1 is 1.03 bits per heavy atom. The summed E-state index contributed by atoms with van der Waals surface area (Å²) in [5.41, 5.74) is 3.19. The number of hydrogen-bond acceptors (Lipinski definition) is 2. The summed E-state index contributed by atoms with van der Waals surface area (Å²) < 4.78 is 0. The molecule has 1 aromatic heterocycles. The SMILES string of the molecule is CC(C)(C)N1C(=O)[C@@H]2Cc3c([nH]c4ccccc34)[C@@H](c3ccc(Cl)c(Cl)c3)N2C1=O. The van der Waals surface area contributed by atoms with Crippen LogP contribution in [0.1, 0.15) is 43.6 Å². The van der Waals surface area contributed by atoms with Crippen LogP contribution in [-0.4, -0.2) is 38.3 Å². The normalized spacial score (nSPS) is 21.4. The minimum absolute atomic E-state index is 0.159. The third-order valence-corrected chi connectivity index (χ3v) is 6.72. The lowest BCUT2D eigenvalue weighted by Crippen LogP contribution is -2.46. The third kappa shape index (κ3) is 2.69. The zero-order valence-electron chi connectivity index (χ0n) is 16.9. The number of amides is 3. The van der Waals surface area contributed by atoms with Crippen LogP contribution in [0.5, 0.6) is 0 Å². The highest BCUT2D eigenvalue weighted by atomic mass is 35.5. The van der Waals surface area contributed by atoms with Gasteiger partial charge in [-0.05, 0) is 50.1 Å². The Labute approximate surface area is 184 Å². The van der Waals surface area contributed by atoms with E-state index >= 15 is 0 Å². The number of aromatic nitrogens is 1. The summed E-state index contributed by atoms with van der Waals surface area (Å²) in [6.07, 6.45) is 0.480. The average molecular weight is 442 g/mol. The van der Waals surface area contributed by atoms with Crippen molar-refractivity contribution in [1.82, 2.24) is 14.8 Å². The number of carbonyl (C=O) groups excluding carboxylic acids is 2. The minimum atomic E-state index is -0.608. The first-order chi connectivity index (χ1) is 14.2. The molecule has 7 heteroatoms. The molecule has 5 nitrogen and oxygen atoms in total. The first-order valence-corrected chi connectivity index (χ1v) is 10.6. The van der Waals surface area contributed by atoms with Gasteiger partial charge in [0.2, 0.25) is 0 Å². The van der Waals surface area contributed by atoms with Crippen molar-refractivity contribution < 1.29 is 9.59 Å². The molecule has 1 saturated heterocycles. The number of hydrogen-bond donors (Lipinski definition) is 1. The van der Waals surface area contributed by atoms with E-state index in [0.717, 1.165) is 27.7 Å². The molecular formula is C23H21Cl2N3O2. The van der Waals surface area contributed by atoms with Gasteiger partial charge < -0.3 is 4.98 Å². The van der Waals surface area contributed by atoms with Crippen molar-refractivity contribution in [3.63, 3.8) is 0 Å². The van der Waals surface area contributed by atoms with Gasteiger partial charge in [-0.2, -0.15) is 0 Å². The molecule has 0 bridgehead atoms. The van der Waals surface area contributed by atoms with Gasteiger partial charge in [-0.25, -0.2) is 4.79 Å². The maximum absolute atomic E-state index is 13.5. The Bertz CT molecular complexity index is 1210. The van der Waals surface area contributed by atoms with Crippen LogP contribution in [-0.2, 0) is 11.2 Å². The fraction of sp³-hybridized carbons (Fsp3) is 0.304. The smallest absolute Gasteiger partial charge is 0.328 e. The number of benzene rings is 2. The number of fused-ring (bicyclic) bond motifs is 4. The van der Waals surface area contributed by atoms with Crippen LogP contribution in [0.3, 0.4) is 0 Å². The van der Waals surface area contributed by atoms with Crippen molar-refractivity contribution in [1.29, 1.82) is 0 Å². The molecule has 2 aromatic carbocycles. The van der Waals surface area contributed by atoms with Crippen molar-refractivity contribution in [3.8, 4) is 0 Å². The van der Waals surface area contributed by atoms with Crippen LogP contribution in [0.25, 0.3) is 10.9 Å². The van der Waals surface area contributed by atoms with Crippen LogP contribution in [0.15, 0.2) is 42.5 Å². The second-order valence-electron chi connectivity index (χ2n) is 8.89. The number of nitrogens with zero attached hydrogens (tertiary/aromatic N) is 2. The van der Waals surface area contributed by atoms with Gasteiger partial charge in [0, 0.05) is 28.6 Å². The summed E-state index contributed by atoms with van der Waals surface area (Å²) in [4.78, 5) is 33.5. The Kier molecular flexibility index (Phi) is 4.21. The van der Waals surface area contributed by atoms with Crippen LogP contribution < -0.4 is 0 Å². The molecule has 1 N–H and O–H groups in total. The Morgan fingerprint density at radius 2 is 1.77 bits per heavy atom. The summed E-state index contributed by atoms with van der Waals surface area (Å²) in [6, 6.07) is 12.1. The molecule has 0 aliphatic carbocycles. The average Bonchev–Trinajstić information content (AvgIpc) is 3.17. The minimum Gasteiger partial charge on any atom is -0.356 e. The summed E-state index contributed by atoms with van der Waals surface area (Å²) in [7, 11) is 0. The van der Waals surface area contributed by atoms with Crippen molar-refractivity contribution in [2.45, 2.75) is 44.8 Å². The van der Waals surface area contributed by atoms with Gasteiger partial charge in [0.05, 0.1) is 10.0 Å². The topological polar surface area (TPSA) is 56.4 Å². The number of H-pyrrole nitrogens is 1. The van der Waals surface area contributed by atoms with Crippen molar-refractivity contribution >= 4 is 46.0 Å². The predicted molar refractivity (Wildman–Crippen MR) is 118 cm³/mol. The number of rotatable bonds is 1. The summed E-state index contributed by atoms with van der Waals surface area (Å²) in [5.74, 6) is -0.159. The highest BCUT2D eigenvalue weighted by Gasteiger charge is 2.55. The maximum Gasteiger partial charge on any atom is 0.328 e. The summed E-state index contributed by atoms with van der Waals surface area (Å²) in [5, 5.41) is 1.94. The van der Waals surface area contributed by atoms with Gasteiger partial charge in [0.25, 0.3) is 5.91 Å². The number of urea groups is 1. The van der Waals surface area contributed by atoms with Gasteiger partial charge in [-0.1, -0.05) is 47.5 Å². The zero-order chi connectivity index (χ0) is 21.4. The van der Waals surface area contributed by atoms with E-state index < -0.39 is 17.6 Å². The molecule has 0 unspecified atom stereocenters. The van der Waals surface area contributed by atoms with E-state index in [2.05, 4.69) is 11.1 Å². The van der Waals surface area contributed by atoms with E-state index in [-0.39, 0.29) is 11.9 Å². The van der Waals surface area contributed by atoms with Crippen LogP contribution in [0.4, 0.5) is 4.79 Å². The van der Waals surface area contributed by atoms with Crippen LogP contribution >= 0.6 is 23.2 Å². The van der Waals surface area contributed by atoms with Gasteiger partial charge in [0.1, 0.15) is 12.1 Å². The largest absolute Gasteiger partial charge is 0.356 e. The maximum atomic E-state index is 13.5. The molecule has 0 saturated carbocycles. The molecule has 2 atom stereocenters. The number of carbonyl (C=O) groups is 2. The highest BCUT2D eigenvalue weighted by Crippen LogP contribution is 2.45. The zero-order valence-corrected chi connectivity index (χ0v) is 18.4. The number of aromatic amines is 1. The molecule has 154 valence electrons. The lowest BCUT2D eigenvalue weighted by Gasteiger charge is -2.36. The Hall–Kier alpha value is -2.50. The third-order valence-electron chi connectivity index (χ3n) is 5.98. The molecule has 30 heavy (non-hydrogen) atoms. The van der Waals surface area contributed by atoms with E-state index in [0.29, 0.717) is 16.5 Å². The number of nitrogens with one attached hydrogen (secondary N) is 1. The van der Waals surface area contributed by atoms with Gasteiger partial charge in [-0.3, -0.25) is 14.6 Å². The summed E-state index contributed by atoms with van der Waals surface area (Å²) in [6.45, 7) is 5.64. The number of para-hydroxylation sites is 1. The monoisotopic (exact) mass is 441 g/mol. The van der Waals surface area contributed by atoms with E-state index in [4.69, 9.17) is 23.2 Å². The van der Waals surface area contributed by atoms with Gasteiger partial charge >= 0.3 is 6.03 Å². The number of imide groups is 1. The first-order valence-electron chi connectivity index (χ1n) is 9.89. The molecule has 0 radical (unpaired) electrons. The molecule has 1 fully saturated rings. The molecule has 3 aromatic rings. The van der Waals surface area contributed by atoms with E-state index in [1.54, 1.807) is 17.0 Å². The molecule has 2 aliphatic heterocycles. The van der Waals surface area contributed by atoms with E-state index in [1.807, 2.05) is 45.0 Å². The highest BCUT2D eigenvalue weighted by molar-refractivity contribution is 6.42. The quantitative estimate of drug-likeness (QED) is 0.503. The fourth-order valence-electron chi connectivity index (χ4n) is 4.72.